The molecule has 0 radical (unpaired) electrons. The van der Waals surface area contributed by atoms with Gasteiger partial charge in [-0.1, -0.05) is 32.0 Å². The summed E-state index contributed by atoms with van der Waals surface area (Å²) in [4.78, 5) is 40.3. The molecule has 4 aliphatic rings. The molecule has 0 spiro atoms. The molecule has 1 aliphatic heterocycles. The third-order valence-corrected chi connectivity index (χ3v) is 9.95. The van der Waals surface area contributed by atoms with Crippen LogP contribution >= 0.6 is 0 Å². The highest BCUT2D eigenvalue weighted by Gasteiger charge is 2.77. The Morgan fingerprint density at radius 3 is 2.28 bits per heavy atom. The van der Waals surface area contributed by atoms with E-state index in [-0.39, 0.29) is 30.6 Å². The SMILES string of the molecule is CC(=O)O[C@@]12CO[C@@H]1CC(O)[C@@]1(C)C(=O)C(O)C3=C(C)C(O)C[C@@](O)(C(OC(=O)c4ccccc4)[C@H]21)C3(C)C. The molecule has 5 rings (SSSR count). The number of carbonyl (C=O) groups is 3. The van der Waals surface area contributed by atoms with E-state index in [9.17, 15) is 34.8 Å². The highest BCUT2D eigenvalue weighted by Crippen LogP contribution is 2.63. The molecule has 1 heterocycles. The second-order valence-electron chi connectivity index (χ2n) is 12.2. The molecule has 1 saturated heterocycles. The van der Waals surface area contributed by atoms with Crippen LogP contribution in [0.1, 0.15) is 57.8 Å². The Labute approximate surface area is 226 Å². The van der Waals surface area contributed by atoms with Gasteiger partial charge in [0.15, 0.2) is 11.4 Å². The zero-order valence-electron chi connectivity index (χ0n) is 22.7. The van der Waals surface area contributed by atoms with Crippen molar-refractivity contribution in [1.82, 2.24) is 0 Å². The van der Waals surface area contributed by atoms with Crippen LogP contribution in [0.2, 0.25) is 0 Å². The van der Waals surface area contributed by atoms with Crippen LogP contribution in [0.3, 0.4) is 0 Å². The number of esters is 2. The molecule has 0 amide bonds. The Hall–Kier alpha value is -2.63. The van der Waals surface area contributed by atoms with E-state index in [2.05, 4.69) is 0 Å². The van der Waals surface area contributed by atoms with E-state index in [0.717, 1.165) is 0 Å². The fourth-order valence-corrected chi connectivity index (χ4v) is 7.66. The number of rotatable bonds is 3. The summed E-state index contributed by atoms with van der Waals surface area (Å²) in [7, 11) is 0. The van der Waals surface area contributed by atoms with Crippen molar-refractivity contribution >= 4 is 17.7 Å². The molecule has 9 atom stereocenters. The molecule has 10 heteroatoms. The van der Waals surface area contributed by atoms with Gasteiger partial charge in [-0.15, -0.1) is 0 Å². The smallest absolute Gasteiger partial charge is 0.338 e. The van der Waals surface area contributed by atoms with Crippen molar-refractivity contribution in [3.8, 4) is 0 Å². The van der Waals surface area contributed by atoms with Crippen LogP contribution < -0.4 is 0 Å². The van der Waals surface area contributed by atoms with E-state index < -0.39 is 76.2 Å². The number of aliphatic hydroxyl groups is 4. The Morgan fingerprint density at radius 1 is 1.08 bits per heavy atom. The molecular formula is C29H36O10. The van der Waals surface area contributed by atoms with Crippen LogP contribution in [0.4, 0.5) is 0 Å². The fraction of sp³-hybridized carbons (Fsp3) is 0.621. The van der Waals surface area contributed by atoms with E-state index in [1.165, 1.54) is 26.0 Å². The molecule has 3 fully saturated rings. The lowest BCUT2D eigenvalue weighted by atomic mass is 9.44. The van der Waals surface area contributed by atoms with Gasteiger partial charge in [-0.2, -0.15) is 0 Å². The minimum absolute atomic E-state index is 0.0828. The fourth-order valence-electron chi connectivity index (χ4n) is 7.66. The van der Waals surface area contributed by atoms with Gasteiger partial charge in [0, 0.05) is 25.2 Å². The highest BCUT2D eigenvalue weighted by atomic mass is 16.6. The predicted octanol–water partition coefficient (Wildman–Crippen LogP) is 1.08. The molecular weight excluding hydrogens is 508 g/mol. The number of ketones is 1. The first-order valence-electron chi connectivity index (χ1n) is 13.2. The second kappa shape index (κ2) is 8.94. The van der Waals surface area contributed by atoms with Crippen LogP contribution in [0.15, 0.2) is 41.5 Å². The third-order valence-electron chi connectivity index (χ3n) is 9.95. The number of Topliss-reactive ketones (excluding diaryl/α,β-unsaturated/α-hetero) is 1. The van der Waals surface area contributed by atoms with Gasteiger partial charge in [-0.3, -0.25) is 9.59 Å². The summed E-state index contributed by atoms with van der Waals surface area (Å²) >= 11 is 0. The average molecular weight is 545 g/mol. The van der Waals surface area contributed by atoms with Crippen molar-refractivity contribution in [3.05, 3.63) is 47.0 Å². The largest absolute Gasteiger partial charge is 0.455 e. The van der Waals surface area contributed by atoms with E-state index >= 15 is 0 Å². The molecule has 2 saturated carbocycles. The van der Waals surface area contributed by atoms with Gasteiger partial charge < -0.3 is 34.6 Å². The van der Waals surface area contributed by atoms with Gasteiger partial charge in [0.2, 0.25) is 0 Å². The monoisotopic (exact) mass is 544 g/mol. The second-order valence-corrected chi connectivity index (χ2v) is 12.2. The number of fused-ring (bicyclic) bond motifs is 5. The lowest BCUT2D eigenvalue weighted by Crippen LogP contribution is -2.81. The van der Waals surface area contributed by atoms with Crippen molar-refractivity contribution in [2.45, 2.75) is 89.2 Å². The molecule has 4 N–H and O–H groups in total. The maximum atomic E-state index is 14.3. The van der Waals surface area contributed by atoms with Crippen molar-refractivity contribution < 1.29 is 49.0 Å². The van der Waals surface area contributed by atoms with Gasteiger partial charge in [0.05, 0.1) is 35.7 Å². The third kappa shape index (κ3) is 3.62. The summed E-state index contributed by atoms with van der Waals surface area (Å²) in [6, 6.07) is 8.08. The summed E-state index contributed by atoms with van der Waals surface area (Å²) in [5.41, 5.74) is -6.24. The number of aliphatic hydroxyl groups excluding tert-OH is 3. The zero-order valence-corrected chi connectivity index (χ0v) is 22.7. The number of hydrogen-bond acceptors (Lipinski definition) is 10. The lowest BCUT2D eigenvalue weighted by molar-refractivity contribution is -0.345. The highest BCUT2D eigenvalue weighted by molar-refractivity contribution is 5.94. The van der Waals surface area contributed by atoms with Crippen molar-refractivity contribution in [2.24, 2.45) is 16.7 Å². The van der Waals surface area contributed by atoms with Crippen LogP contribution in [-0.2, 0) is 23.8 Å². The van der Waals surface area contributed by atoms with Crippen molar-refractivity contribution in [2.75, 3.05) is 6.61 Å². The van der Waals surface area contributed by atoms with E-state index in [1.807, 2.05) is 0 Å². The Bertz CT molecular complexity index is 1240. The Balaban J connectivity index is 1.81. The van der Waals surface area contributed by atoms with Gasteiger partial charge in [-0.25, -0.2) is 4.79 Å². The molecule has 39 heavy (non-hydrogen) atoms. The Morgan fingerprint density at radius 2 is 1.72 bits per heavy atom. The zero-order chi connectivity index (χ0) is 28.7. The van der Waals surface area contributed by atoms with Gasteiger partial charge >= 0.3 is 11.9 Å². The van der Waals surface area contributed by atoms with E-state index in [1.54, 1.807) is 39.0 Å². The number of carbonyl (C=O) groups excluding carboxylic acids is 3. The summed E-state index contributed by atoms with van der Waals surface area (Å²) in [6.45, 7) is 7.29. The standard InChI is InChI=1S/C29H36O10/c1-14-17(31)12-29(36)24(38-25(35)16-9-7-6-8-10-16)22-27(5,23(34)21(33)20(14)26(29,3)4)18(32)11-19-28(22,13-37-19)39-15(2)30/h6-10,17-19,21-22,24,31-33,36H,11-13H2,1-5H3/t17?,18?,19-,21?,22+,24?,27-,28+,29-/m1/s1. The lowest BCUT2D eigenvalue weighted by Gasteiger charge is -2.67. The summed E-state index contributed by atoms with van der Waals surface area (Å²) in [5, 5.41) is 46.7. The summed E-state index contributed by atoms with van der Waals surface area (Å²) in [6.07, 6.45) is -7.26. The average Bonchev–Trinajstić information content (AvgIpc) is 2.87. The maximum absolute atomic E-state index is 14.3. The van der Waals surface area contributed by atoms with Crippen LogP contribution in [-0.4, -0.2) is 86.5 Å². The minimum atomic E-state index is -2.07. The Kier molecular flexibility index (Phi) is 6.40. The topological polar surface area (TPSA) is 160 Å². The number of benzene rings is 1. The van der Waals surface area contributed by atoms with Gasteiger partial charge in [-0.05, 0) is 37.1 Å². The molecule has 1 aromatic carbocycles. The number of hydrogen-bond donors (Lipinski definition) is 4. The molecule has 0 aromatic heterocycles. The first-order chi connectivity index (χ1) is 18.1. The molecule has 3 aliphatic carbocycles. The maximum Gasteiger partial charge on any atom is 0.338 e. The van der Waals surface area contributed by atoms with Crippen molar-refractivity contribution in [3.63, 3.8) is 0 Å². The van der Waals surface area contributed by atoms with Crippen molar-refractivity contribution in [1.29, 1.82) is 0 Å². The molecule has 4 unspecified atom stereocenters. The quantitative estimate of drug-likeness (QED) is 0.320. The van der Waals surface area contributed by atoms with Crippen LogP contribution in [0.25, 0.3) is 0 Å². The molecule has 10 nitrogen and oxygen atoms in total. The predicted molar refractivity (Wildman–Crippen MR) is 135 cm³/mol. The first kappa shape index (κ1) is 27.9. The van der Waals surface area contributed by atoms with Crippen LogP contribution in [0.5, 0.6) is 0 Å². The molecule has 212 valence electrons. The number of ether oxygens (including phenoxy) is 3. The van der Waals surface area contributed by atoms with Gasteiger partial charge in [0.25, 0.3) is 0 Å². The van der Waals surface area contributed by atoms with E-state index in [0.29, 0.717) is 5.57 Å². The first-order valence-corrected chi connectivity index (χ1v) is 13.2. The molecule has 2 bridgehead atoms. The van der Waals surface area contributed by atoms with Crippen LogP contribution in [0, 0.1) is 16.7 Å². The van der Waals surface area contributed by atoms with E-state index in [4.69, 9.17) is 14.2 Å². The summed E-state index contributed by atoms with van der Waals surface area (Å²) < 4.78 is 17.7. The normalized spacial score (nSPS) is 42.7. The minimum Gasteiger partial charge on any atom is -0.455 e. The summed E-state index contributed by atoms with van der Waals surface area (Å²) in [5.74, 6) is -3.60. The van der Waals surface area contributed by atoms with Gasteiger partial charge in [0.1, 0.15) is 23.9 Å². The molecule has 1 aromatic rings.